The highest BCUT2D eigenvalue weighted by molar-refractivity contribution is 5.94. The van der Waals surface area contributed by atoms with Crippen molar-refractivity contribution in [2.24, 2.45) is 0 Å². The third kappa shape index (κ3) is 4.32. The van der Waals surface area contributed by atoms with Gasteiger partial charge in [0.2, 0.25) is 0 Å². The van der Waals surface area contributed by atoms with Crippen LogP contribution in [0.3, 0.4) is 0 Å². The Labute approximate surface area is 191 Å². The van der Waals surface area contributed by atoms with Crippen molar-refractivity contribution in [2.45, 2.75) is 26.8 Å². The summed E-state index contributed by atoms with van der Waals surface area (Å²) in [6.45, 7) is 5.46. The number of imidazole rings is 1. The fourth-order valence-corrected chi connectivity index (χ4v) is 3.99. The van der Waals surface area contributed by atoms with E-state index in [1.54, 1.807) is 13.4 Å². The van der Waals surface area contributed by atoms with Crippen molar-refractivity contribution >= 4 is 33.3 Å². The zero-order valence-electron chi connectivity index (χ0n) is 18.9. The molecule has 0 unspecified atom stereocenters. The third-order valence-electron chi connectivity index (χ3n) is 5.66. The summed E-state index contributed by atoms with van der Waals surface area (Å²) < 4.78 is 13.8. The molecule has 5 rings (SSSR count). The van der Waals surface area contributed by atoms with Crippen molar-refractivity contribution in [1.29, 1.82) is 0 Å². The van der Waals surface area contributed by atoms with E-state index < -0.39 is 0 Å². The van der Waals surface area contributed by atoms with Crippen molar-refractivity contribution in [3.8, 4) is 11.5 Å². The average molecular weight is 443 g/mol. The van der Waals surface area contributed by atoms with Crippen LogP contribution < -0.4 is 14.8 Å². The highest BCUT2D eigenvalue weighted by Gasteiger charge is 2.12. The van der Waals surface area contributed by atoms with Crippen molar-refractivity contribution < 1.29 is 9.47 Å². The lowest BCUT2D eigenvalue weighted by atomic mass is 10.2. The number of aryl methyl sites for hydroxylation is 3. The van der Waals surface area contributed by atoms with Crippen LogP contribution in [0.5, 0.6) is 11.5 Å². The molecule has 0 saturated carbocycles. The van der Waals surface area contributed by atoms with E-state index in [0.717, 1.165) is 52.0 Å². The molecule has 0 atom stereocenters. The molecular formula is C25H26N6O2. The van der Waals surface area contributed by atoms with Crippen LogP contribution in [0.15, 0.2) is 55.1 Å². The summed E-state index contributed by atoms with van der Waals surface area (Å²) in [6.07, 6.45) is 6.20. The van der Waals surface area contributed by atoms with Crippen LogP contribution >= 0.6 is 0 Å². The quantitative estimate of drug-likeness (QED) is 0.323. The van der Waals surface area contributed by atoms with E-state index in [0.29, 0.717) is 23.9 Å². The molecule has 0 aliphatic rings. The van der Waals surface area contributed by atoms with E-state index >= 15 is 0 Å². The Kier molecular flexibility index (Phi) is 5.56. The summed E-state index contributed by atoms with van der Waals surface area (Å²) in [6, 6.07) is 12.1. The number of nitrogens with one attached hydrogen (secondary N) is 2. The Hall–Kier alpha value is -4.07. The van der Waals surface area contributed by atoms with Gasteiger partial charge >= 0.3 is 0 Å². The van der Waals surface area contributed by atoms with E-state index in [-0.39, 0.29) is 0 Å². The van der Waals surface area contributed by atoms with Crippen molar-refractivity contribution in [2.75, 3.05) is 19.0 Å². The van der Waals surface area contributed by atoms with E-state index in [1.807, 2.05) is 37.5 Å². The molecule has 0 aliphatic carbocycles. The Morgan fingerprint density at radius 2 is 1.94 bits per heavy atom. The van der Waals surface area contributed by atoms with E-state index in [4.69, 9.17) is 9.47 Å². The molecular weight excluding hydrogens is 416 g/mol. The number of nitrogens with zero attached hydrogens (tertiary/aromatic N) is 4. The van der Waals surface area contributed by atoms with Crippen molar-refractivity contribution in [1.82, 2.24) is 24.5 Å². The van der Waals surface area contributed by atoms with Gasteiger partial charge < -0.3 is 24.3 Å². The number of hydrogen-bond acceptors (Lipinski definition) is 6. The lowest BCUT2D eigenvalue weighted by Crippen LogP contribution is -2.06. The summed E-state index contributed by atoms with van der Waals surface area (Å²) in [5.74, 6) is 3.03. The summed E-state index contributed by atoms with van der Waals surface area (Å²) in [5.41, 5.74) is 3.98. The molecule has 0 fully saturated rings. The second kappa shape index (κ2) is 8.82. The molecule has 0 saturated heterocycles. The van der Waals surface area contributed by atoms with Crippen LogP contribution in [0.25, 0.3) is 21.8 Å². The number of anilines is 2. The smallest absolute Gasteiger partial charge is 0.163 e. The van der Waals surface area contributed by atoms with Crippen LogP contribution in [0, 0.1) is 13.8 Å². The molecule has 3 heterocycles. The predicted molar refractivity (Wildman–Crippen MR) is 129 cm³/mol. The Morgan fingerprint density at radius 3 is 2.76 bits per heavy atom. The number of hydrogen-bond donors (Lipinski definition) is 2. The average Bonchev–Trinajstić information content (AvgIpc) is 3.40. The monoisotopic (exact) mass is 442 g/mol. The van der Waals surface area contributed by atoms with Crippen LogP contribution in [0.1, 0.15) is 17.9 Å². The Morgan fingerprint density at radius 1 is 1.03 bits per heavy atom. The first-order chi connectivity index (χ1) is 16.1. The minimum Gasteiger partial charge on any atom is -0.493 e. The second-order valence-electron chi connectivity index (χ2n) is 7.99. The van der Waals surface area contributed by atoms with Crippen LogP contribution in [-0.2, 0) is 6.54 Å². The second-order valence-corrected chi connectivity index (χ2v) is 7.99. The van der Waals surface area contributed by atoms with Gasteiger partial charge in [-0.25, -0.2) is 15.0 Å². The molecule has 168 valence electrons. The van der Waals surface area contributed by atoms with Crippen LogP contribution in [0.2, 0.25) is 0 Å². The van der Waals surface area contributed by atoms with E-state index in [9.17, 15) is 0 Å². The lowest BCUT2D eigenvalue weighted by molar-refractivity contribution is 0.283. The first kappa shape index (κ1) is 20.8. The van der Waals surface area contributed by atoms with Gasteiger partial charge in [0, 0.05) is 52.7 Å². The maximum atomic E-state index is 6.04. The third-order valence-corrected chi connectivity index (χ3v) is 5.66. The Bertz CT molecular complexity index is 1420. The molecule has 0 spiro atoms. The van der Waals surface area contributed by atoms with Gasteiger partial charge in [-0.15, -0.1) is 0 Å². The number of aromatic nitrogens is 5. The Balaban J connectivity index is 1.36. The molecule has 33 heavy (non-hydrogen) atoms. The molecule has 0 radical (unpaired) electrons. The summed E-state index contributed by atoms with van der Waals surface area (Å²) >= 11 is 0. The number of methoxy groups -OCH3 is 1. The SMILES string of the molecule is COc1cc2c(Nc3ccc4[nH]c(C)cc4c3)ncnc2cc1OCCCn1ccnc1C. The molecule has 5 aromatic rings. The van der Waals surface area contributed by atoms with Gasteiger partial charge in [0.25, 0.3) is 0 Å². The number of ether oxygens (including phenoxy) is 2. The first-order valence-corrected chi connectivity index (χ1v) is 10.9. The molecule has 0 amide bonds. The predicted octanol–water partition coefficient (Wildman–Crippen LogP) is 5.15. The molecule has 3 aromatic heterocycles. The number of benzene rings is 2. The van der Waals surface area contributed by atoms with Crippen molar-refractivity contribution in [3.63, 3.8) is 0 Å². The molecule has 8 heteroatoms. The highest BCUT2D eigenvalue weighted by Crippen LogP contribution is 2.35. The number of rotatable bonds is 8. The normalized spacial score (nSPS) is 11.2. The minimum atomic E-state index is 0.561. The van der Waals surface area contributed by atoms with Gasteiger partial charge in [-0.05, 0) is 50.6 Å². The summed E-state index contributed by atoms with van der Waals surface area (Å²) in [5, 5.41) is 5.43. The summed E-state index contributed by atoms with van der Waals surface area (Å²) in [4.78, 5) is 16.5. The van der Waals surface area contributed by atoms with Gasteiger partial charge in [-0.1, -0.05) is 0 Å². The van der Waals surface area contributed by atoms with Crippen LogP contribution in [0.4, 0.5) is 11.5 Å². The number of aromatic amines is 1. The maximum absolute atomic E-state index is 6.04. The van der Waals surface area contributed by atoms with Crippen molar-refractivity contribution in [3.05, 3.63) is 66.6 Å². The number of H-pyrrole nitrogens is 1. The first-order valence-electron chi connectivity index (χ1n) is 10.9. The molecule has 8 nitrogen and oxygen atoms in total. The lowest BCUT2D eigenvalue weighted by Gasteiger charge is -2.14. The van der Waals surface area contributed by atoms with E-state index in [2.05, 4.69) is 54.9 Å². The zero-order valence-corrected chi connectivity index (χ0v) is 18.9. The molecule has 2 N–H and O–H groups in total. The fourth-order valence-electron chi connectivity index (χ4n) is 3.99. The minimum absolute atomic E-state index is 0.561. The van der Waals surface area contributed by atoms with Gasteiger partial charge in [0.05, 0.1) is 19.2 Å². The molecule has 2 aromatic carbocycles. The van der Waals surface area contributed by atoms with Crippen LogP contribution in [-0.4, -0.2) is 38.2 Å². The number of fused-ring (bicyclic) bond motifs is 2. The molecule has 0 bridgehead atoms. The largest absolute Gasteiger partial charge is 0.493 e. The van der Waals surface area contributed by atoms with Gasteiger partial charge in [0.15, 0.2) is 11.5 Å². The van der Waals surface area contributed by atoms with Gasteiger partial charge in [-0.3, -0.25) is 0 Å². The fraction of sp³-hybridized carbons (Fsp3) is 0.240. The zero-order chi connectivity index (χ0) is 22.8. The highest BCUT2D eigenvalue weighted by atomic mass is 16.5. The standard InChI is InChI=1S/C25H26N6O2/c1-16-11-18-12-19(5-6-21(18)29-16)30-25-20-13-23(32-3)24(14-22(20)27-15-28-25)33-10-4-8-31-9-7-26-17(31)2/h5-7,9,11-15,29H,4,8,10H2,1-3H3,(H,27,28,30). The van der Waals surface area contributed by atoms with E-state index in [1.165, 1.54) is 0 Å². The summed E-state index contributed by atoms with van der Waals surface area (Å²) in [7, 11) is 1.64. The van der Waals surface area contributed by atoms with Gasteiger partial charge in [-0.2, -0.15) is 0 Å². The van der Waals surface area contributed by atoms with Gasteiger partial charge in [0.1, 0.15) is 18.0 Å². The molecule has 0 aliphatic heterocycles. The maximum Gasteiger partial charge on any atom is 0.163 e. The topological polar surface area (TPSA) is 89.9 Å².